The molecule has 9 heteroatoms. The quantitative estimate of drug-likeness (QED) is 0.553. The molecule has 2 N–H and O–H groups in total. The van der Waals surface area contributed by atoms with Crippen LogP contribution >= 0.6 is 11.8 Å². The molecule has 156 valence electrons. The third-order valence-electron chi connectivity index (χ3n) is 4.10. The first-order valence-electron chi connectivity index (χ1n) is 9.22. The van der Waals surface area contributed by atoms with Crippen molar-refractivity contribution < 1.29 is 14.1 Å². The van der Waals surface area contributed by atoms with Gasteiger partial charge < -0.3 is 14.7 Å². The number of carbonyl (C=O) groups excluding carboxylic acids is 2. The Balaban J connectivity index is 1.58. The number of rotatable bonds is 6. The molecular formula is C21H23N5O3S. The van der Waals surface area contributed by atoms with Gasteiger partial charge in [-0.15, -0.1) is 0 Å². The van der Waals surface area contributed by atoms with Crippen molar-refractivity contribution in [2.75, 3.05) is 22.6 Å². The maximum Gasteiger partial charge on any atom is 0.326 e. The molecule has 0 spiro atoms. The maximum atomic E-state index is 12.2. The second-order valence-corrected chi connectivity index (χ2v) is 8.74. The minimum absolute atomic E-state index is 0.161. The van der Waals surface area contributed by atoms with Crippen LogP contribution in [-0.4, -0.2) is 29.6 Å². The van der Waals surface area contributed by atoms with Crippen molar-refractivity contribution in [1.82, 2.24) is 10.1 Å². The van der Waals surface area contributed by atoms with Crippen molar-refractivity contribution in [3.8, 4) is 0 Å². The number of amides is 3. The maximum absolute atomic E-state index is 12.2. The van der Waals surface area contributed by atoms with Crippen LogP contribution in [0.25, 0.3) is 0 Å². The van der Waals surface area contributed by atoms with E-state index in [0.717, 1.165) is 15.5 Å². The van der Waals surface area contributed by atoms with Gasteiger partial charge in [0.25, 0.3) is 0 Å². The smallest absolute Gasteiger partial charge is 0.326 e. The number of carbonyl (C=O) groups is 2. The molecule has 3 amide bonds. The van der Waals surface area contributed by atoms with Crippen molar-refractivity contribution in [3.05, 3.63) is 54.4 Å². The van der Waals surface area contributed by atoms with Crippen LogP contribution in [-0.2, 0) is 10.2 Å². The van der Waals surface area contributed by atoms with Crippen LogP contribution in [0, 0.1) is 0 Å². The number of aromatic nitrogens is 2. The Hall–Kier alpha value is -3.33. The summed E-state index contributed by atoms with van der Waals surface area (Å²) in [7, 11) is 1.65. The van der Waals surface area contributed by atoms with Crippen LogP contribution in [0.3, 0.4) is 0 Å². The van der Waals surface area contributed by atoms with Crippen LogP contribution < -0.4 is 15.5 Å². The number of benzene rings is 1. The van der Waals surface area contributed by atoms with E-state index in [-0.39, 0.29) is 5.41 Å². The van der Waals surface area contributed by atoms with E-state index in [1.807, 2.05) is 57.2 Å². The van der Waals surface area contributed by atoms with Crippen LogP contribution in [0.2, 0.25) is 0 Å². The third kappa shape index (κ3) is 5.60. The lowest BCUT2D eigenvalue weighted by molar-refractivity contribution is -0.107. The van der Waals surface area contributed by atoms with Crippen molar-refractivity contribution >= 4 is 41.6 Å². The molecule has 0 saturated carbocycles. The molecule has 0 radical (unpaired) electrons. The molecule has 0 aliphatic heterocycles. The van der Waals surface area contributed by atoms with Crippen molar-refractivity contribution in [1.29, 1.82) is 0 Å². The highest BCUT2D eigenvalue weighted by molar-refractivity contribution is 7.99. The van der Waals surface area contributed by atoms with Gasteiger partial charge in [-0.05, 0) is 36.4 Å². The number of nitrogens with zero attached hydrogens (tertiary/aromatic N) is 3. The largest absolute Gasteiger partial charge is 0.338 e. The number of urea groups is 1. The average Bonchev–Trinajstić information content (AvgIpc) is 3.18. The lowest BCUT2D eigenvalue weighted by Gasteiger charge is -2.12. The minimum Gasteiger partial charge on any atom is -0.338 e. The number of anilines is 3. The van der Waals surface area contributed by atoms with Gasteiger partial charge >= 0.3 is 6.03 Å². The first-order chi connectivity index (χ1) is 14.2. The summed E-state index contributed by atoms with van der Waals surface area (Å²) in [5.74, 6) is 0.866. The predicted octanol–water partition coefficient (Wildman–Crippen LogP) is 4.75. The van der Waals surface area contributed by atoms with Crippen LogP contribution in [0.15, 0.2) is 63.0 Å². The molecule has 8 nitrogen and oxygen atoms in total. The van der Waals surface area contributed by atoms with Gasteiger partial charge in [0.2, 0.25) is 12.3 Å². The third-order valence-corrected chi connectivity index (χ3v) is 5.10. The number of nitrogens with one attached hydrogen (secondary N) is 2. The first kappa shape index (κ1) is 21.4. The highest BCUT2D eigenvalue weighted by Crippen LogP contribution is 2.30. The zero-order chi connectivity index (χ0) is 21.7. The van der Waals surface area contributed by atoms with E-state index in [2.05, 4.69) is 20.8 Å². The molecule has 0 bridgehead atoms. The molecule has 30 heavy (non-hydrogen) atoms. The standard InChI is InChI=1S/C21H23N5O3S/c1-21(2,3)17-12-19(29-25-17)24-20(28)23-14-5-7-15(8-6-14)30-16-9-10-22-18(11-16)26(4)13-27/h5-13H,1-4H3,(H2,23,24,28). The van der Waals surface area contributed by atoms with E-state index in [9.17, 15) is 9.59 Å². The fourth-order valence-corrected chi connectivity index (χ4v) is 3.25. The SMILES string of the molecule is CN(C=O)c1cc(Sc2ccc(NC(=O)Nc3cc(C(C)(C)C)no3)cc2)ccn1. The molecular weight excluding hydrogens is 402 g/mol. The van der Waals surface area contributed by atoms with E-state index < -0.39 is 6.03 Å². The van der Waals surface area contributed by atoms with Gasteiger partial charge in [0.05, 0.1) is 5.69 Å². The van der Waals surface area contributed by atoms with Gasteiger partial charge in [0, 0.05) is 40.2 Å². The first-order valence-corrected chi connectivity index (χ1v) is 10.0. The molecule has 1 aromatic carbocycles. The summed E-state index contributed by atoms with van der Waals surface area (Å²) in [5.41, 5.74) is 1.24. The normalized spacial score (nSPS) is 11.1. The van der Waals surface area contributed by atoms with Gasteiger partial charge in [-0.2, -0.15) is 0 Å². The second kappa shape index (κ2) is 9.00. The van der Waals surface area contributed by atoms with E-state index in [1.54, 1.807) is 19.3 Å². The molecule has 0 aliphatic carbocycles. The molecule has 0 saturated heterocycles. The van der Waals surface area contributed by atoms with Gasteiger partial charge in [-0.25, -0.2) is 9.78 Å². The average molecular weight is 426 g/mol. The Morgan fingerprint density at radius 1 is 1.10 bits per heavy atom. The Labute approximate surface area is 179 Å². The van der Waals surface area contributed by atoms with Crippen LogP contribution in [0.4, 0.5) is 22.2 Å². The summed E-state index contributed by atoms with van der Waals surface area (Å²) in [6.45, 7) is 6.05. The molecule has 0 atom stereocenters. The fourth-order valence-electron chi connectivity index (χ4n) is 2.41. The summed E-state index contributed by atoms with van der Waals surface area (Å²) in [4.78, 5) is 30.6. The fraction of sp³-hybridized carbons (Fsp3) is 0.238. The topological polar surface area (TPSA) is 100 Å². The zero-order valence-electron chi connectivity index (χ0n) is 17.2. The molecule has 2 aromatic heterocycles. The number of hydrogen-bond acceptors (Lipinski definition) is 6. The van der Waals surface area contributed by atoms with Crippen molar-refractivity contribution in [2.45, 2.75) is 36.0 Å². The highest BCUT2D eigenvalue weighted by Gasteiger charge is 2.19. The molecule has 0 unspecified atom stereocenters. The Morgan fingerprint density at radius 2 is 1.83 bits per heavy atom. The molecule has 3 rings (SSSR count). The monoisotopic (exact) mass is 425 g/mol. The van der Waals surface area contributed by atoms with E-state index in [4.69, 9.17) is 4.52 Å². The van der Waals surface area contributed by atoms with Gasteiger partial charge in [0.15, 0.2) is 0 Å². The van der Waals surface area contributed by atoms with E-state index in [1.165, 1.54) is 16.7 Å². The van der Waals surface area contributed by atoms with Crippen LogP contribution in [0.1, 0.15) is 26.5 Å². The summed E-state index contributed by atoms with van der Waals surface area (Å²) >= 11 is 1.53. The Bertz CT molecular complexity index is 1030. The Morgan fingerprint density at radius 3 is 2.47 bits per heavy atom. The van der Waals surface area contributed by atoms with Gasteiger partial charge in [0.1, 0.15) is 5.82 Å². The predicted molar refractivity (Wildman–Crippen MR) is 117 cm³/mol. The Kier molecular flexibility index (Phi) is 6.41. The molecule has 0 fully saturated rings. The number of hydrogen-bond donors (Lipinski definition) is 2. The highest BCUT2D eigenvalue weighted by atomic mass is 32.2. The lowest BCUT2D eigenvalue weighted by Crippen LogP contribution is -2.19. The summed E-state index contributed by atoms with van der Waals surface area (Å²) in [5, 5.41) is 9.37. The minimum atomic E-state index is -0.414. The van der Waals surface area contributed by atoms with Gasteiger partial charge in [-0.1, -0.05) is 37.7 Å². The van der Waals surface area contributed by atoms with Crippen molar-refractivity contribution in [3.63, 3.8) is 0 Å². The lowest BCUT2D eigenvalue weighted by atomic mass is 9.92. The van der Waals surface area contributed by atoms with Gasteiger partial charge in [-0.3, -0.25) is 10.1 Å². The molecule has 2 heterocycles. The van der Waals surface area contributed by atoms with E-state index in [0.29, 0.717) is 23.8 Å². The number of pyridine rings is 1. The van der Waals surface area contributed by atoms with Crippen LogP contribution in [0.5, 0.6) is 0 Å². The summed E-state index contributed by atoms with van der Waals surface area (Å²) in [6, 6.07) is 12.4. The zero-order valence-corrected chi connectivity index (χ0v) is 18.0. The van der Waals surface area contributed by atoms with Crippen molar-refractivity contribution in [2.24, 2.45) is 0 Å². The molecule has 3 aromatic rings. The second-order valence-electron chi connectivity index (χ2n) is 7.60. The summed E-state index contributed by atoms with van der Waals surface area (Å²) < 4.78 is 5.16. The molecule has 0 aliphatic rings. The summed E-state index contributed by atoms with van der Waals surface area (Å²) in [6.07, 6.45) is 2.37. The van der Waals surface area contributed by atoms with E-state index >= 15 is 0 Å².